The van der Waals surface area contributed by atoms with Gasteiger partial charge in [-0.3, -0.25) is 4.79 Å². The van der Waals surface area contributed by atoms with Crippen LogP contribution in [0.3, 0.4) is 0 Å². The lowest BCUT2D eigenvalue weighted by Crippen LogP contribution is -2.51. The molecule has 0 radical (unpaired) electrons. The topological polar surface area (TPSA) is 98.7 Å². The van der Waals surface area contributed by atoms with Gasteiger partial charge in [-0.1, -0.05) is 12.8 Å². The average molecular weight is 271 g/mol. The zero-order valence-corrected chi connectivity index (χ0v) is 11.1. The van der Waals surface area contributed by atoms with Crippen LogP contribution in [-0.2, 0) is 9.59 Å². The third-order valence-electron chi connectivity index (χ3n) is 3.07. The van der Waals surface area contributed by atoms with Crippen molar-refractivity contribution >= 4 is 17.9 Å². The molecular weight excluding hydrogens is 250 g/mol. The molecule has 0 aliphatic carbocycles. The Morgan fingerprint density at radius 3 is 2.58 bits per heavy atom. The Morgan fingerprint density at radius 2 is 1.95 bits per heavy atom. The maximum absolute atomic E-state index is 11.9. The third-order valence-corrected chi connectivity index (χ3v) is 3.07. The summed E-state index contributed by atoms with van der Waals surface area (Å²) in [5.41, 5.74) is 0. The van der Waals surface area contributed by atoms with Crippen molar-refractivity contribution in [3.8, 4) is 0 Å². The Labute approximate surface area is 112 Å². The molecule has 1 aliphatic rings. The van der Waals surface area contributed by atoms with Crippen LogP contribution in [-0.4, -0.2) is 53.6 Å². The Balaban J connectivity index is 2.55. The van der Waals surface area contributed by atoms with Gasteiger partial charge in [0.05, 0.1) is 6.54 Å². The minimum absolute atomic E-state index is 0.129. The highest BCUT2D eigenvalue weighted by atomic mass is 16.4. The standard InChI is InChI=1S/C12H21N3O4/c1-2-13-10(16)8-14-12(19)15-7-5-3-4-6-9(15)11(17)18/h9H,2-8H2,1H3,(H,13,16)(H,14,19)(H,17,18). The van der Waals surface area contributed by atoms with Crippen LogP contribution in [0.25, 0.3) is 0 Å². The number of carboxylic acids is 1. The van der Waals surface area contributed by atoms with Crippen molar-refractivity contribution in [2.75, 3.05) is 19.6 Å². The molecule has 19 heavy (non-hydrogen) atoms. The van der Waals surface area contributed by atoms with Gasteiger partial charge in [0.15, 0.2) is 0 Å². The van der Waals surface area contributed by atoms with Gasteiger partial charge in [0, 0.05) is 13.1 Å². The fourth-order valence-corrected chi connectivity index (χ4v) is 2.13. The molecular formula is C12H21N3O4. The number of rotatable bonds is 4. The van der Waals surface area contributed by atoms with Crippen LogP contribution in [0.5, 0.6) is 0 Å². The SMILES string of the molecule is CCNC(=O)CNC(=O)N1CCCCCC1C(=O)O. The molecule has 1 unspecified atom stereocenters. The Kier molecular flexibility index (Phi) is 6.11. The normalized spacial score (nSPS) is 19.4. The maximum Gasteiger partial charge on any atom is 0.326 e. The van der Waals surface area contributed by atoms with E-state index in [9.17, 15) is 14.4 Å². The lowest BCUT2D eigenvalue weighted by molar-refractivity contribution is -0.142. The molecule has 0 spiro atoms. The molecule has 0 aromatic carbocycles. The van der Waals surface area contributed by atoms with Gasteiger partial charge >= 0.3 is 12.0 Å². The molecule has 0 aromatic rings. The van der Waals surface area contributed by atoms with E-state index in [1.807, 2.05) is 0 Å². The van der Waals surface area contributed by atoms with Crippen molar-refractivity contribution < 1.29 is 19.5 Å². The van der Waals surface area contributed by atoms with Gasteiger partial charge in [-0.25, -0.2) is 9.59 Å². The fraction of sp³-hybridized carbons (Fsp3) is 0.750. The Bertz CT molecular complexity index is 346. The van der Waals surface area contributed by atoms with E-state index >= 15 is 0 Å². The van der Waals surface area contributed by atoms with Gasteiger partial charge in [-0.2, -0.15) is 0 Å². The minimum Gasteiger partial charge on any atom is -0.480 e. The number of likely N-dealkylation sites (N-methyl/N-ethyl adjacent to an activating group) is 1. The highest BCUT2D eigenvalue weighted by Gasteiger charge is 2.30. The number of aliphatic carboxylic acids is 1. The highest BCUT2D eigenvalue weighted by molar-refractivity contribution is 5.86. The van der Waals surface area contributed by atoms with E-state index in [1.165, 1.54) is 4.90 Å². The van der Waals surface area contributed by atoms with Crippen LogP contribution in [0.15, 0.2) is 0 Å². The van der Waals surface area contributed by atoms with Crippen LogP contribution in [0.2, 0.25) is 0 Å². The predicted molar refractivity (Wildman–Crippen MR) is 68.7 cm³/mol. The van der Waals surface area contributed by atoms with Gasteiger partial charge in [0.2, 0.25) is 5.91 Å². The van der Waals surface area contributed by atoms with Crippen LogP contribution in [0, 0.1) is 0 Å². The first kappa shape index (κ1) is 15.3. The summed E-state index contributed by atoms with van der Waals surface area (Å²) in [7, 11) is 0. The summed E-state index contributed by atoms with van der Waals surface area (Å²) in [6, 6.07) is -1.28. The monoisotopic (exact) mass is 271 g/mol. The van der Waals surface area contributed by atoms with Crippen LogP contribution in [0.4, 0.5) is 4.79 Å². The summed E-state index contributed by atoms with van der Waals surface area (Å²) in [4.78, 5) is 35.7. The third kappa shape index (κ3) is 4.76. The number of carbonyl (C=O) groups is 3. The lowest BCUT2D eigenvalue weighted by atomic mass is 10.1. The minimum atomic E-state index is -0.991. The molecule has 1 aliphatic heterocycles. The number of amides is 3. The number of nitrogens with one attached hydrogen (secondary N) is 2. The first-order valence-corrected chi connectivity index (χ1v) is 6.60. The summed E-state index contributed by atoms with van der Waals surface area (Å²) >= 11 is 0. The van der Waals surface area contributed by atoms with Crippen LogP contribution < -0.4 is 10.6 Å². The second-order valence-corrected chi connectivity index (χ2v) is 4.51. The van der Waals surface area contributed by atoms with Gasteiger partial charge in [0.1, 0.15) is 6.04 Å². The highest BCUT2D eigenvalue weighted by Crippen LogP contribution is 2.17. The smallest absolute Gasteiger partial charge is 0.326 e. The van der Waals surface area contributed by atoms with E-state index in [2.05, 4.69) is 10.6 Å². The quantitative estimate of drug-likeness (QED) is 0.678. The molecule has 1 saturated heterocycles. The van der Waals surface area contributed by atoms with Crippen molar-refractivity contribution in [2.24, 2.45) is 0 Å². The molecule has 1 heterocycles. The number of likely N-dealkylation sites (tertiary alicyclic amines) is 1. The van der Waals surface area contributed by atoms with E-state index in [4.69, 9.17) is 5.11 Å². The first-order valence-electron chi connectivity index (χ1n) is 6.60. The maximum atomic E-state index is 11.9. The molecule has 1 fully saturated rings. The number of hydrogen-bond acceptors (Lipinski definition) is 3. The zero-order chi connectivity index (χ0) is 14.3. The van der Waals surface area contributed by atoms with Crippen molar-refractivity contribution in [1.82, 2.24) is 15.5 Å². The number of urea groups is 1. The van der Waals surface area contributed by atoms with Crippen molar-refractivity contribution in [1.29, 1.82) is 0 Å². The summed E-state index contributed by atoms with van der Waals surface area (Å²) < 4.78 is 0. The van der Waals surface area contributed by atoms with E-state index in [0.29, 0.717) is 19.5 Å². The van der Waals surface area contributed by atoms with Crippen molar-refractivity contribution in [3.05, 3.63) is 0 Å². The van der Waals surface area contributed by atoms with Gasteiger partial charge in [-0.05, 0) is 19.8 Å². The summed E-state index contributed by atoms with van der Waals surface area (Å²) in [5, 5.41) is 14.2. The summed E-state index contributed by atoms with van der Waals surface area (Å²) in [5.74, 6) is -1.27. The molecule has 1 atom stereocenters. The van der Waals surface area contributed by atoms with Gasteiger partial charge < -0.3 is 20.6 Å². The van der Waals surface area contributed by atoms with E-state index < -0.39 is 18.0 Å². The number of hydrogen-bond donors (Lipinski definition) is 3. The zero-order valence-electron chi connectivity index (χ0n) is 11.1. The molecule has 0 bridgehead atoms. The molecule has 3 amide bonds. The predicted octanol–water partition coefficient (Wildman–Crippen LogP) is 0.161. The summed E-state index contributed by atoms with van der Waals surface area (Å²) in [6.07, 6.45) is 2.98. The molecule has 7 heteroatoms. The molecule has 3 N–H and O–H groups in total. The van der Waals surface area contributed by atoms with E-state index in [-0.39, 0.29) is 12.5 Å². The fourth-order valence-electron chi connectivity index (χ4n) is 2.13. The van der Waals surface area contributed by atoms with Crippen molar-refractivity contribution in [2.45, 2.75) is 38.6 Å². The van der Waals surface area contributed by atoms with Crippen molar-refractivity contribution in [3.63, 3.8) is 0 Å². The molecule has 108 valence electrons. The average Bonchev–Trinajstić information content (AvgIpc) is 2.61. The first-order chi connectivity index (χ1) is 9.06. The van der Waals surface area contributed by atoms with Crippen LogP contribution >= 0.6 is 0 Å². The van der Waals surface area contributed by atoms with Gasteiger partial charge in [-0.15, -0.1) is 0 Å². The van der Waals surface area contributed by atoms with Crippen LogP contribution in [0.1, 0.15) is 32.6 Å². The summed E-state index contributed by atoms with van der Waals surface area (Å²) in [6.45, 7) is 2.57. The Morgan fingerprint density at radius 1 is 1.21 bits per heavy atom. The van der Waals surface area contributed by atoms with E-state index in [0.717, 1.165) is 19.3 Å². The van der Waals surface area contributed by atoms with Gasteiger partial charge in [0.25, 0.3) is 0 Å². The second kappa shape index (κ2) is 7.60. The Hall–Kier alpha value is -1.79. The molecule has 1 rings (SSSR count). The lowest BCUT2D eigenvalue weighted by Gasteiger charge is -2.26. The second-order valence-electron chi connectivity index (χ2n) is 4.51. The molecule has 0 saturated carbocycles. The molecule has 7 nitrogen and oxygen atoms in total. The number of carbonyl (C=O) groups excluding carboxylic acids is 2. The van der Waals surface area contributed by atoms with E-state index in [1.54, 1.807) is 6.92 Å². The molecule has 0 aromatic heterocycles. The largest absolute Gasteiger partial charge is 0.480 e. The number of carboxylic acid groups (broad SMARTS) is 1. The number of nitrogens with zero attached hydrogens (tertiary/aromatic N) is 1.